The highest BCUT2D eigenvalue weighted by molar-refractivity contribution is 5.21. The van der Waals surface area contributed by atoms with Crippen molar-refractivity contribution in [1.29, 1.82) is 0 Å². The van der Waals surface area contributed by atoms with Crippen LogP contribution in [0.4, 0.5) is 0 Å². The molecular formula is C16H22N4O2. The van der Waals surface area contributed by atoms with Crippen LogP contribution in [0.2, 0.25) is 0 Å². The fourth-order valence-corrected chi connectivity index (χ4v) is 2.89. The van der Waals surface area contributed by atoms with E-state index in [2.05, 4.69) is 15.0 Å². The summed E-state index contributed by atoms with van der Waals surface area (Å²) < 4.78 is 7.57. The van der Waals surface area contributed by atoms with Crippen molar-refractivity contribution in [2.45, 2.75) is 25.2 Å². The fraction of sp³-hybridized carbons (Fsp3) is 0.500. The first-order valence-electron chi connectivity index (χ1n) is 7.58. The summed E-state index contributed by atoms with van der Waals surface area (Å²) in [5, 5.41) is 14.9. The Kier molecular flexibility index (Phi) is 4.52. The van der Waals surface area contributed by atoms with Crippen molar-refractivity contribution in [3.63, 3.8) is 0 Å². The molecule has 1 aromatic heterocycles. The van der Waals surface area contributed by atoms with Gasteiger partial charge in [-0.05, 0) is 12.5 Å². The predicted octanol–water partition coefficient (Wildman–Crippen LogP) is 0.887. The van der Waals surface area contributed by atoms with Gasteiger partial charge in [0.2, 0.25) is 0 Å². The predicted molar refractivity (Wildman–Crippen MR) is 82.2 cm³/mol. The van der Waals surface area contributed by atoms with Crippen LogP contribution in [0.1, 0.15) is 12.5 Å². The van der Waals surface area contributed by atoms with Crippen molar-refractivity contribution in [3.05, 3.63) is 48.5 Å². The van der Waals surface area contributed by atoms with Crippen LogP contribution >= 0.6 is 0 Å². The van der Waals surface area contributed by atoms with E-state index in [-0.39, 0.29) is 6.10 Å². The first-order chi connectivity index (χ1) is 10.6. The molecule has 2 atom stereocenters. The first kappa shape index (κ1) is 15.1. The summed E-state index contributed by atoms with van der Waals surface area (Å²) in [7, 11) is 0. The minimum Gasteiger partial charge on any atom is -0.384 e. The van der Waals surface area contributed by atoms with Gasteiger partial charge in [-0.3, -0.25) is 9.58 Å². The summed E-state index contributed by atoms with van der Waals surface area (Å²) in [4.78, 5) is 6.20. The zero-order valence-corrected chi connectivity index (χ0v) is 12.8. The van der Waals surface area contributed by atoms with E-state index >= 15 is 0 Å². The van der Waals surface area contributed by atoms with Crippen molar-refractivity contribution in [1.82, 2.24) is 19.7 Å². The Bertz CT molecular complexity index is 571. The molecule has 0 amide bonds. The maximum Gasteiger partial charge on any atom is 0.137 e. The van der Waals surface area contributed by atoms with Crippen molar-refractivity contribution in [3.8, 4) is 0 Å². The summed E-state index contributed by atoms with van der Waals surface area (Å²) in [6.07, 6.45) is 3.30. The number of hydrogen-bond acceptors (Lipinski definition) is 5. The van der Waals surface area contributed by atoms with Gasteiger partial charge >= 0.3 is 0 Å². The summed E-state index contributed by atoms with van der Waals surface area (Å²) in [5.74, 6) is 0. The fourth-order valence-electron chi connectivity index (χ4n) is 2.89. The Balaban J connectivity index is 1.60. The summed E-state index contributed by atoms with van der Waals surface area (Å²) >= 11 is 0. The van der Waals surface area contributed by atoms with E-state index in [0.29, 0.717) is 19.7 Å². The molecule has 1 aliphatic rings. The zero-order valence-electron chi connectivity index (χ0n) is 12.8. The molecule has 6 heteroatoms. The lowest BCUT2D eigenvalue weighted by atomic mass is 9.95. The van der Waals surface area contributed by atoms with Crippen LogP contribution in [0.25, 0.3) is 0 Å². The normalized spacial score (nSPS) is 22.4. The molecule has 118 valence electrons. The van der Waals surface area contributed by atoms with E-state index < -0.39 is 5.60 Å². The van der Waals surface area contributed by atoms with Gasteiger partial charge in [0.1, 0.15) is 12.7 Å². The SMILES string of the molecule is C[C@](O)(CN1CCO[C@H](Cn2cncn2)C1)c1ccccc1. The Morgan fingerprint density at radius 2 is 2.18 bits per heavy atom. The van der Waals surface area contributed by atoms with Crippen LogP contribution in [-0.4, -0.2) is 57.1 Å². The molecular weight excluding hydrogens is 280 g/mol. The molecule has 1 N–H and O–H groups in total. The van der Waals surface area contributed by atoms with Crippen molar-refractivity contribution < 1.29 is 9.84 Å². The van der Waals surface area contributed by atoms with Crippen molar-refractivity contribution >= 4 is 0 Å². The van der Waals surface area contributed by atoms with Crippen LogP contribution in [-0.2, 0) is 16.9 Å². The minimum atomic E-state index is -0.865. The molecule has 1 aliphatic heterocycles. The van der Waals surface area contributed by atoms with Crippen LogP contribution in [0.3, 0.4) is 0 Å². The lowest BCUT2D eigenvalue weighted by Gasteiger charge is -2.37. The van der Waals surface area contributed by atoms with Crippen molar-refractivity contribution in [2.75, 3.05) is 26.2 Å². The third-order valence-corrected chi connectivity index (χ3v) is 4.01. The second-order valence-corrected chi connectivity index (χ2v) is 5.99. The molecule has 6 nitrogen and oxygen atoms in total. The average molecular weight is 302 g/mol. The molecule has 0 bridgehead atoms. The maximum absolute atomic E-state index is 10.8. The van der Waals surface area contributed by atoms with Gasteiger partial charge in [0, 0.05) is 19.6 Å². The smallest absolute Gasteiger partial charge is 0.137 e. The number of rotatable bonds is 5. The molecule has 1 saturated heterocycles. The lowest BCUT2D eigenvalue weighted by Crippen LogP contribution is -2.49. The molecule has 0 saturated carbocycles. The van der Waals surface area contributed by atoms with Gasteiger partial charge in [-0.1, -0.05) is 30.3 Å². The second kappa shape index (κ2) is 6.56. The molecule has 1 aromatic carbocycles. The number of ether oxygens (including phenoxy) is 1. The van der Waals surface area contributed by atoms with Crippen LogP contribution in [0.5, 0.6) is 0 Å². The van der Waals surface area contributed by atoms with E-state index in [0.717, 1.165) is 18.7 Å². The maximum atomic E-state index is 10.8. The molecule has 0 radical (unpaired) electrons. The molecule has 0 aliphatic carbocycles. The molecule has 0 spiro atoms. The van der Waals surface area contributed by atoms with Gasteiger partial charge in [0.05, 0.1) is 24.9 Å². The number of aliphatic hydroxyl groups is 1. The molecule has 2 heterocycles. The highest BCUT2D eigenvalue weighted by Gasteiger charge is 2.29. The van der Waals surface area contributed by atoms with Gasteiger partial charge in [0.25, 0.3) is 0 Å². The quantitative estimate of drug-likeness (QED) is 0.888. The van der Waals surface area contributed by atoms with Crippen LogP contribution in [0.15, 0.2) is 43.0 Å². The average Bonchev–Trinajstić information content (AvgIpc) is 3.01. The van der Waals surface area contributed by atoms with E-state index in [9.17, 15) is 5.11 Å². The molecule has 3 rings (SSSR count). The minimum absolute atomic E-state index is 0.0713. The Morgan fingerprint density at radius 1 is 1.36 bits per heavy atom. The first-order valence-corrected chi connectivity index (χ1v) is 7.58. The summed E-state index contributed by atoms with van der Waals surface area (Å²) in [5.41, 5.74) is 0.0745. The third kappa shape index (κ3) is 3.71. The monoisotopic (exact) mass is 302 g/mol. The summed E-state index contributed by atoms with van der Waals surface area (Å²) in [6, 6.07) is 9.80. The topological polar surface area (TPSA) is 63.4 Å². The van der Waals surface area contributed by atoms with E-state index in [1.807, 2.05) is 37.3 Å². The lowest BCUT2D eigenvalue weighted by molar-refractivity contribution is -0.0670. The molecule has 1 fully saturated rings. The Hall–Kier alpha value is -1.76. The van der Waals surface area contributed by atoms with Gasteiger partial charge in [0.15, 0.2) is 0 Å². The number of benzene rings is 1. The van der Waals surface area contributed by atoms with Crippen molar-refractivity contribution in [2.24, 2.45) is 0 Å². The Labute approximate surface area is 130 Å². The van der Waals surface area contributed by atoms with Gasteiger partial charge in [-0.2, -0.15) is 5.10 Å². The number of morpholine rings is 1. The Morgan fingerprint density at radius 3 is 2.91 bits per heavy atom. The van der Waals surface area contributed by atoms with Crippen LogP contribution in [0, 0.1) is 0 Å². The van der Waals surface area contributed by atoms with Gasteiger partial charge < -0.3 is 9.84 Å². The highest BCUT2D eigenvalue weighted by Crippen LogP contribution is 2.22. The van der Waals surface area contributed by atoms with Crippen LogP contribution < -0.4 is 0 Å². The third-order valence-electron chi connectivity index (χ3n) is 4.01. The van der Waals surface area contributed by atoms with E-state index in [4.69, 9.17) is 4.74 Å². The number of nitrogens with zero attached hydrogens (tertiary/aromatic N) is 4. The number of β-amino-alcohol motifs (C(OH)–C–C–N with tert-alkyl or cyclic N) is 1. The summed E-state index contributed by atoms with van der Waals surface area (Å²) in [6.45, 7) is 5.42. The van der Waals surface area contributed by atoms with Gasteiger partial charge in [-0.25, -0.2) is 4.98 Å². The number of aromatic nitrogens is 3. The van der Waals surface area contributed by atoms with E-state index in [1.165, 1.54) is 6.33 Å². The molecule has 0 unspecified atom stereocenters. The standard InChI is InChI=1S/C16H22N4O2/c1-16(21,14-5-3-2-4-6-14)11-19-7-8-22-15(9-19)10-20-13-17-12-18-20/h2-6,12-13,15,21H,7-11H2,1H3/t15-,16-/m0/s1. The zero-order chi connectivity index (χ0) is 15.4. The second-order valence-electron chi connectivity index (χ2n) is 5.99. The number of hydrogen-bond donors (Lipinski definition) is 1. The van der Waals surface area contributed by atoms with Gasteiger partial charge in [-0.15, -0.1) is 0 Å². The molecule has 22 heavy (non-hydrogen) atoms. The van der Waals surface area contributed by atoms with E-state index in [1.54, 1.807) is 11.0 Å². The molecule has 2 aromatic rings. The largest absolute Gasteiger partial charge is 0.384 e. The highest BCUT2D eigenvalue weighted by atomic mass is 16.5.